The summed E-state index contributed by atoms with van der Waals surface area (Å²) in [5.74, 6) is -0.828. The summed E-state index contributed by atoms with van der Waals surface area (Å²) in [6, 6.07) is 3.70. The molecule has 0 radical (unpaired) electrons. The lowest BCUT2D eigenvalue weighted by Crippen LogP contribution is -2.56. The third kappa shape index (κ3) is 2.17. The highest BCUT2D eigenvalue weighted by molar-refractivity contribution is 5.79. The van der Waals surface area contributed by atoms with E-state index in [9.17, 15) is 9.18 Å². The summed E-state index contributed by atoms with van der Waals surface area (Å²) < 4.78 is 28.4. The van der Waals surface area contributed by atoms with E-state index in [1.165, 1.54) is 26.4 Å². The lowest BCUT2D eigenvalue weighted by Gasteiger charge is -2.42. The van der Waals surface area contributed by atoms with Crippen molar-refractivity contribution in [2.45, 2.75) is 6.04 Å². The number of nitrogens with two attached hydrogens (primary N) is 1. The molecular formula is C13H16FNO4. The number of hydrogen-bond donors (Lipinski definition) is 1. The molecule has 0 bridgehead atoms. The number of ether oxygens (including phenoxy) is 3. The number of carbonyl (C=O) groups is 1. The van der Waals surface area contributed by atoms with E-state index in [0.29, 0.717) is 5.56 Å². The van der Waals surface area contributed by atoms with E-state index in [4.69, 9.17) is 19.9 Å². The Kier molecular flexibility index (Phi) is 3.73. The highest BCUT2D eigenvalue weighted by atomic mass is 19.1. The highest BCUT2D eigenvalue weighted by Crippen LogP contribution is 2.40. The van der Waals surface area contributed by atoms with Crippen LogP contribution in [0, 0.1) is 11.2 Å². The molecule has 104 valence electrons. The minimum absolute atomic E-state index is 0.132. The van der Waals surface area contributed by atoms with Crippen LogP contribution in [0.15, 0.2) is 18.2 Å². The Balaban J connectivity index is 2.30. The number of esters is 1. The maximum absolute atomic E-state index is 13.7. The first-order chi connectivity index (χ1) is 9.05. The number of benzene rings is 1. The fourth-order valence-electron chi connectivity index (χ4n) is 2.14. The summed E-state index contributed by atoms with van der Waals surface area (Å²) in [5.41, 5.74) is 5.66. The molecule has 0 spiro atoms. The summed E-state index contributed by atoms with van der Waals surface area (Å²) in [7, 11) is 2.68. The first kappa shape index (κ1) is 13.8. The second-order valence-electron chi connectivity index (χ2n) is 4.51. The van der Waals surface area contributed by atoms with Crippen molar-refractivity contribution >= 4 is 5.97 Å². The smallest absolute Gasteiger partial charge is 0.318 e. The van der Waals surface area contributed by atoms with Crippen LogP contribution >= 0.6 is 0 Å². The lowest BCUT2D eigenvalue weighted by atomic mass is 9.75. The largest absolute Gasteiger partial charge is 0.494 e. The van der Waals surface area contributed by atoms with Gasteiger partial charge in [0.1, 0.15) is 5.41 Å². The summed E-state index contributed by atoms with van der Waals surface area (Å²) >= 11 is 0. The number of carbonyl (C=O) groups excluding carboxylic acids is 1. The molecule has 2 N–H and O–H groups in total. The topological polar surface area (TPSA) is 70.8 Å². The zero-order valence-electron chi connectivity index (χ0n) is 10.8. The van der Waals surface area contributed by atoms with Gasteiger partial charge in [0.15, 0.2) is 11.6 Å². The Hall–Kier alpha value is -1.66. The Morgan fingerprint density at radius 2 is 2.16 bits per heavy atom. The van der Waals surface area contributed by atoms with E-state index in [1.54, 1.807) is 6.07 Å². The molecule has 19 heavy (non-hydrogen) atoms. The van der Waals surface area contributed by atoms with Crippen LogP contribution in [0.4, 0.5) is 4.39 Å². The van der Waals surface area contributed by atoms with Crippen LogP contribution in [0.5, 0.6) is 5.75 Å². The Morgan fingerprint density at radius 3 is 2.58 bits per heavy atom. The minimum atomic E-state index is -0.935. The molecule has 0 aliphatic carbocycles. The van der Waals surface area contributed by atoms with E-state index < -0.39 is 23.2 Å². The van der Waals surface area contributed by atoms with E-state index in [1.807, 2.05) is 0 Å². The van der Waals surface area contributed by atoms with Gasteiger partial charge in [0.2, 0.25) is 0 Å². The van der Waals surface area contributed by atoms with Crippen molar-refractivity contribution in [3.63, 3.8) is 0 Å². The first-order valence-electron chi connectivity index (χ1n) is 5.80. The molecule has 1 aromatic rings. The van der Waals surface area contributed by atoms with Crippen molar-refractivity contribution in [1.29, 1.82) is 0 Å². The molecule has 6 heteroatoms. The Morgan fingerprint density at radius 1 is 1.47 bits per heavy atom. The van der Waals surface area contributed by atoms with Crippen LogP contribution < -0.4 is 10.5 Å². The second kappa shape index (κ2) is 5.14. The summed E-state index contributed by atoms with van der Waals surface area (Å²) in [5, 5.41) is 0. The third-order valence-corrected chi connectivity index (χ3v) is 3.44. The fourth-order valence-corrected chi connectivity index (χ4v) is 2.14. The molecule has 0 aromatic heterocycles. The monoisotopic (exact) mass is 269 g/mol. The van der Waals surface area contributed by atoms with Crippen molar-refractivity contribution in [2.75, 3.05) is 27.4 Å². The quantitative estimate of drug-likeness (QED) is 0.826. The van der Waals surface area contributed by atoms with E-state index in [0.717, 1.165) is 0 Å². The van der Waals surface area contributed by atoms with Crippen LogP contribution in [0.2, 0.25) is 0 Å². The molecule has 1 aliphatic rings. The molecule has 5 nitrogen and oxygen atoms in total. The van der Waals surface area contributed by atoms with Gasteiger partial charge in [-0.2, -0.15) is 0 Å². The van der Waals surface area contributed by atoms with Crippen LogP contribution in [0.25, 0.3) is 0 Å². The molecule has 0 saturated carbocycles. The zero-order valence-corrected chi connectivity index (χ0v) is 10.8. The Bertz CT molecular complexity index is 488. The van der Waals surface area contributed by atoms with Crippen molar-refractivity contribution in [3.05, 3.63) is 29.6 Å². The van der Waals surface area contributed by atoms with Gasteiger partial charge >= 0.3 is 5.97 Å². The van der Waals surface area contributed by atoms with Crippen molar-refractivity contribution < 1.29 is 23.4 Å². The van der Waals surface area contributed by atoms with Gasteiger partial charge in [-0.1, -0.05) is 6.07 Å². The van der Waals surface area contributed by atoms with Gasteiger partial charge < -0.3 is 19.9 Å². The van der Waals surface area contributed by atoms with Crippen LogP contribution in [0.1, 0.15) is 11.6 Å². The standard InChI is InChI=1S/C13H16FNO4/c1-17-10-4-3-8(5-9(10)14)11(15)13(6-19-7-13)12(16)18-2/h3-5,11H,6-7,15H2,1-2H3. The minimum Gasteiger partial charge on any atom is -0.494 e. The van der Waals surface area contributed by atoms with Gasteiger partial charge in [-0.25, -0.2) is 4.39 Å². The number of rotatable bonds is 4. The molecule has 1 heterocycles. The average molecular weight is 269 g/mol. The van der Waals surface area contributed by atoms with Crippen molar-refractivity contribution in [1.82, 2.24) is 0 Å². The van der Waals surface area contributed by atoms with Crippen LogP contribution in [0.3, 0.4) is 0 Å². The van der Waals surface area contributed by atoms with Gasteiger partial charge in [0, 0.05) is 0 Å². The molecule has 1 atom stereocenters. The predicted octanol–water partition coefficient (Wildman–Crippen LogP) is 1.02. The lowest BCUT2D eigenvalue weighted by molar-refractivity contribution is -0.188. The fraction of sp³-hybridized carbons (Fsp3) is 0.462. The third-order valence-electron chi connectivity index (χ3n) is 3.44. The average Bonchev–Trinajstić information content (AvgIpc) is 2.36. The molecule has 2 rings (SSSR count). The highest BCUT2D eigenvalue weighted by Gasteiger charge is 2.52. The van der Waals surface area contributed by atoms with Crippen molar-refractivity contribution in [3.8, 4) is 5.75 Å². The summed E-state index contributed by atoms with van der Waals surface area (Å²) in [4.78, 5) is 11.8. The first-order valence-corrected chi connectivity index (χ1v) is 5.80. The molecule has 1 aliphatic heterocycles. The zero-order chi connectivity index (χ0) is 14.0. The maximum Gasteiger partial charge on any atom is 0.318 e. The van der Waals surface area contributed by atoms with Crippen LogP contribution in [-0.4, -0.2) is 33.4 Å². The van der Waals surface area contributed by atoms with Gasteiger partial charge in [-0.3, -0.25) is 4.79 Å². The molecule has 0 amide bonds. The Labute approximate surface area is 110 Å². The summed E-state index contributed by atoms with van der Waals surface area (Å²) in [6.07, 6.45) is 0. The van der Waals surface area contributed by atoms with E-state index in [2.05, 4.69) is 0 Å². The molecule has 1 saturated heterocycles. The number of hydrogen-bond acceptors (Lipinski definition) is 5. The van der Waals surface area contributed by atoms with Gasteiger partial charge in [-0.05, 0) is 17.7 Å². The predicted molar refractivity (Wildman–Crippen MR) is 65.1 cm³/mol. The second-order valence-corrected chi connectivity index (χ2v) is 4.51. The number of methoxy groups -OCH3 is 2. The molecule has 1 aromatic carbocycles. The molecule has 1 unspecified atom stereocenters. The molecule has 1 fully saturated rings. The number of halogens is 1. The molecular weight excluding hydrogens is 253 g/mol. The van der Waals surface area contributed by atoms with Gasteiger partial charge in [-0.15, -0.1) is 0 Å². The van der Waals surface area contributed by atoms with Crippen molar-refractivity contribution in [2.24, 2.45) is 11.1 Å². The van der Waals surface area contributed by atoms with Gasteiger partial charge in [0.05, 0.1) is 33.5 Å². The van der Waals surface area contributed by atoms with Crippen LogP contribution in [-0.2, 0) is 14.3 Å². The summed E-state index contributed by atoms with van der Waals surface area (Å²) in [6.45, 7) is 0.350. The maximum atomic E-state index is 13.7. The van der Waals surface area contributed by atoms with E-state index >= 15 is 0 Å². The normalized spacial score (nSPS) is 18.3. The SMILES string of the molecule is COC(=O)C1(C(N)c2ccc(OC)c(F)c2)COC1. The van der Waals surface area contributed by atoms with E-state index in [-0.39, 0.29) is 19.0 Å². The van der Waals surface area contributed by atoms with Gasteiger partial charge in [0.25, 0.3) is 0 Å².